The van der Waals surface area contributed by atoms with Crippen LogP contribution in [0, 0.1) is 21.7 Å². The molecule has 1 fully saturated rings. The lowest BCUT2D eigenvalue weighted by atomic mass is 10.1. The molecular formula is C13H14F2N2O3S. The lowest BCUT2D eigenvalue weighted by Crippen LogP contribution is -2.44. The summed E-state index contributed by atoms with van der Waals surface area (Å²) < 4.78 is 27.8. The molecule has 114 valence electrons. The van der Waals surface area contributed by atoms with Gasteiger partial charge in [-0.25, -0.2) is 4.39 Å². The molecule has 21 heavy (non-hydrogen) atoms. The van der Waals surface area contributed by atoms with Crippen molar-refractivity contribution in [3.05, 3.63) is 39.4 Å². The molecule has 1 heterocycles. The Kier molecular flexibility index (Phi) is 4.46. The van der Waals surface area contributed by atoms with Crippen LogP contribution >= 0.6 is 11.8 Å². The van der Waals surface area contributed by atoms with Crippen LogP contribution in [0.15, 0.2) is 12.1 Å². The SMILES string of the molecule is CC1CN(C(=O)c2c(F)ccc([N+](=O)[O-])c2F)CC(C)S1. The van der Waals surface area contributed by atoms with Gasteiger partial charge in [-0.2, -0.15) is 16.2 Å². The van der Waals surface area contributed by atoms with Crippen molar-refractivity contribution in [2.75, 3.05) is 13.1 Å². The molecule has 2 atom stereocenters. The maximum absolute atomic E-state index is 14.0. The van der Waals surface area contributed by atoms with Gasteiger partial charge >= 0.3 is 5.69 Å². The Morgan fingerprint density at radius 1 is 1.33 bits per heavy atom. The van der Waals surface area contributed by atoms with Gasteiger partial charge < -0.3 is 4.90 Å². The minimum atomic E-state index is -1.41. The summed E-state index contributed by atoms with van der Waals surface area (Å²) in [5.41, 5.74) is -1.75. The Bertz CT molecular complexity index is 587. The van der Waals surface area contributed by atoms with Crippen LogP contribution in [-0.4, -0.2) is 39.3 Å². The van der Waals surface area contributed by atoms with Gasteiger partial charge in [0.15, 0.2) is 0 Å². The van der Waals surface area contributed by atoms with Crippen LogP contribution in [0.25, 0.3) is 0 Å². The normalized spacial score (nSPS) is 22.2. The van der Waals surface area contributed by atoms with E-state index in [4.69, 9.17) is 0 Å². The second kappa shape index (κ2) is 5.97. The molecule has 1 amide bonds. The van der Waals surface area contributed by atoms with E-state index in [0.717, 1.165) is 12.1 Å². The monoisotopic (exact) mass is 316 g/mol. The van der Waals surface area contributed by atoms with E-state index in [1.807, 2.05) is 13.8 Å². The van der Waals surface area contributed by atoms with E-state index >= 15 is 0 Å². The minimum absolute atomic E-state index is 0.141. The number of nitro groups is 1. The van der Waals surface area contributed by atoms with Gasteiger partial charge in [-0.1, -0.05) is 13.8 Å². The van der Waals surface area contributed by atoms with Gasteiger partial charge in [-0.3, -0.25) is 14.9 Å². The summed E-state index contributed by atoms with van der Waals surface area (Å²) in [5.74, 6) is -3.34. The third kappa shape index (κ3) is 3.15. The predicted octanol–water partition coefficient (Wildman–Crippen LogP) is 2.84. The van der Waals surface area contributed by atoms with E-state index in [1.165, 1.54) is 4.90 Å². The molecule has 1 aliphatic rings. The summed E-state index contributed by atoms with van der Waals surface area (Å²) in [7, 11) is 0. The number of carbonyl (C=O) groups excluding carboxylic acids is 1. The van der Waals surface area contributed by atoms with Gasteiger partial charge in [0, 0.05) is 29.7 Å². The first-order valence-electron chi connectivity index (χ1n) is 6.38. The fourth-order valence-corrected chi connectivity index (χ4v) is 3.71. The summed E-state index contributed by atoms with van der Waals surface area (Å²) in [6, 6.07) is 1.47. The highest BCUT2D eigenvalue weighted by Crippen LogP contribution is 2.28. The van der Waals surface area contributed by atoms with E-state index in [-0.39, 0.29) is 10.5 Å². The highest BCUT2D eigenvalue weighted by Gasteiger charge is 2.32. The molecule has 0 aromatic heterocycles. The van der Waals surface area contributed by atoms with E-state index in [2.05, 4.69) is 0 Å². The predicted molar refractivity (Wildman–Crippen MR) is 75.4 cm³/mol. The van der Waals surface area contributed by atoms with Crippen LogP contribution in [-0.2, 0) is 0 Å². The molecule has 1 aliphatic heterocycles. The molecule has 0 bridgehead atoms. The molecule has 0 aliphatic carbocycles. The Morgan fingerprint density at radius 2 is 1.90 bits per heavy atom. The standard InChI is InChI=1S/C13H14F2N2O3S/c1-7-5-16(6-8(2)21-7)13(18)11-9(14)3-4-10(12(11)15)17(19)20/h3-4,7-8H,5-6H2,1-2H3. The van der Waals surface area contributed by atoms with Crippen LogP contribution in [0.5, 0.6) is 0 Å². The number of halogens is 2. The average Bonchev–Trinajstić information content (AvgIpc) is 2.36. The zero-order chi connectivity index (χ0) is 15.7. The van der Waals surface area contributed by atoms with Crippen molar-refractivity contribution in [3.8, 4) is 0 Å². The lowest BCUT2D eigenvalue weighted by molar-refractivity contribution is -0.387. The fraction of sp³-hybridized carbons (Fsp3) is 0.462. The van der Waals surface area contributed by atoms with Crippen LogP contribution in [0.3, 0.4) is 0 Å². The van der Waals surface area contributed by atoms with Crippen LogP contribution < -0.4 is 0 Å². The summed E-state index contributed by atoms with van der Waals surface area (Å²) in [6.07, 6.45) is 0. The summed E-state index contributed by atoms with van der Waals surface area (Å²) in [5, 5.41) is 11.0. The van der Waals surface area contributed by atoms with Crippen molar-refractivity contribution in [3.63, 3.8) is 0 Å². The largest absolute Gasteiger partial charge is 0.336 e. The number of benzene rings is 1. The molecule has 2 rings (SSSR count). The van der Waals surface area contributed by atoms with Crippen molar-refractivity contribution in [2.24, 2.45) is 0 Å². The molecule has 2 unspecified atom stereocenters. The molecule has 1 aromatic rings. The third-order valence-electron chi connectivity index (χ3n) is 3.19. The first kappa shape index (κ1) is 15.7. The van der Waals surface area contributed by atoms with Crippen LogP contribution in [0.1, 0.15) is 24.2 Å². The van der Waals surface area contributed by atoms with Crippen molar-refractivity contribution in [2.45, 2.75) is 24.3 Å². The van der Waals surface area contributed by atoms with Gasteiger partial charge in [0.1, 0.15) is 11.4 Å². The Balaban J connectivity index is 2.39. The van der Waals surface area contributed by atoms with Crippen molar-refractivity contribution in [1.82, 2.24) is 4.90 Å². The number of carbonyl (C=O) groups is 1. The lowest BCUT2D eigenvalue weighted by Gasteiger charge is -2.34. The van der Waals surface area contributed by atoms with Gasteiger partial charge in [0.05, 0.1) is 4.92 Å². The number of hydrogen-bond acceptors (Lipinski definition) is 4. The average molecular weight is 316 g/mol. The molecule has 0 spiro atoms. The van der Waals surface area contributed by atoms with Crippen molar-refractivity contribution < 1.29 is 18.5 Å². The highest BCUT2D eigenvalue weighted by atomic mass is 32.2. The van der Waals surface area contributed by atoms with Crippen molar-refractivity contribution in [1.29, 1.82) is 0 Å². The van der Waals surface area contributed by atoms with Crippen LogP contribution in [0.4, 0.5) is 14.5 Å². The Hall–Kier alpha value is -1.70. The van der Waals surface area contributed by atoms with Crippen molar-refractivity contribution >= 4 is 23.4 Å². The van der Waals surface area contributed by atoms with Gasteiger partial charge in [-0.05, 0) is 6.07 Å². The molecule has 0 radical (unpaired) electrons. The third-order valence-corrected chi connectivity index (χ3v) is 4.42. The highest BCUT2D eigenvalue weighted by molar-refractivity contribution is 8.00. The van der Waals surface area contributed by atoms with Gasteiger partial charge in [-0.15, -0.1) is 0 Å². The number of thioether (sulfide) groups is 1. The van der Waals surface area contributed by atoms with E-state index in [1.54, 1.807) is 11.8 Å². The fourth-order valence-electron chi connectivity index (χ4n) is 2.38. The topological polar surface area (TPSA) is 63.5 Å². The molecule has 1 saturated heterocycles. The van der Waals surface area contributed by atoms with Crippen LogP contribution in [0.2, 0.25) is 0 Å². The molecular weight excluding hydrogens is 302 g/mol. The van der Waals surface area contributed by atoms with Gasteiger partial charge in [0.25, 0.3) is 5.91 Å². The first-order valence-corrected chi connectivity index (χ1v) is 7.32. The first-order chi connectivity index (χ1) is 9.81. The Labute approximate surface area is 124 Å². The number of hydrogen-bond donors (Lipinski definition) is 0. The molecule has 0 N–H and O–H groups in total. The smallest absolute Gasteiger partial charge is 0.305 e. The second-order valence-corrected chi connectivity index (χ2v) is 6.86. The molecule has 0 saturated carbocycles. The number of rotatable bonds is 2. The quantitative estimate of drug-likeness (QED) is 0.622. The summed E-state index contributed by atoms with van der Waals surface area (Å²) in [6.45, 7) is 4.55. The number of nitrogens with zero attached hydrogens (tertiary/aromatic N) is 2. The number of amides is 1. The minimum Gasteiger partial charge on any atom is -0.336 e. The zero-order valence-corrected chi connectivity index (χ0v) is 12.3. The molecule has 5 nitrogen and oxygen atoms in total. The van der Waals surface area contributed by atoms with E-state index in [9.17, 15) is 23.7 Å². The maximum Gasteiger partial charge on any atom is 0.305 e. The second-order valence-electron chi connectivity index (χ2n) is 4.98. The molecule has 1 aromatic carbocycles. The Morgan fingerprint density at radius 3 is 2.43 bits per heavy atom. The molecule has 8 heteroatoms. The number of nitro benzene ring substituents is 1. The summed E-state index contributed by atoms with van der Waals surface area (Å²) in [4.78, 5) is 23.4. The van der Waals surface area contributed by atoms with E-state index in [0.29, 0.717) is 13.1 Å². The zero-order valence-electron chi connectivity index (χ0n) is 11.5. The van der Waals surface area contributed by atoms with E-state index < -0.39 is 33.7 Å². The van der Waals surface area contributed by atoms with Gasteiger partial charge in [0.2, 0.25) is 5.82 Å². The summed E-state index contributed by atoms with van der Waals surface area (Å²) >= 11 is 1.68. The maximum atomic E-state index is 14.0.